The van der Waals surface area contributed by atoms with Crippen molar-refractivity contribution < 1.29 is 9.40 Å². The standard InChI is InChI=1S/C8H6FN3O2/c1-5-7-4-6(12(13)14)2-3-8(7)11(9)10-5/h2-4H,1H3. The second kappa shape index (κ2) is 2.76. The summed E-state index contributed by atoms with van der Waals surface area (Å²) in [4.78, 5) is 10.1. The van der Waals surface area contributed by atoms with Gasteiger partial charge in [0.2, 0.25) is 0 Å². The number of non-ortho nitro benzene ring substituents is 1. The van der Waals surface area contributed by atoms with E-state index in [4.69, 9.17) is 0 Å². The summed E-state index contributed by atoms with van der Waals surface area (Å²) in [7, 11) is 0. The number of hydrogen-bond donors (Lipinski definition) is 0. The van der Waals surface area contributed by atoms with Gasteiger partial charge in [-0.15, -0.1) is 5.10 Å². The SMILES string of the molecule is Cc1nn(F)c2ccc([N+](=O)[O-])cc12. The maximum absolute atomic E-state index is 13.0. The highest BCUT2D eigenvalue weighted by Crippen LogP contribution is 2.23. The molecule has 0 atom stereocenters. The zero-order valence-electron chi connectivity index (χ0n) is 7.27. The first kappa shape index (κ1) is 8.61. The van der Waals surface area contributed by atoms with Crippen LogP contribution in [0.1, 0.15) is 5.69 Å². The topological polar surface area (TPSA) is 61.0 Å². The van der Waals surface area contributed by atoms with E-state index >= 15 is 0 Å². The fourth-order valence-electron chi connectivity index (χ4n) is 1.33. The largest absolute Gasteiger partial charge is 0.270 e. The third-order valence-corrected chi connectivity index (χ3v) is 2.02. The van der Waals surface area contributed by atoms with E-state index < -0.39 is 4.92 Å². The van der Waals surface area contributed by atoms with Gasteiger partial charge in [0.1, 0.15) is 5.52 Å². The van der Waals surface area contributed by atoms with Gasteiger partial charge in [-0.2, -0.15) is 0 Å². The molecule has 2 aromatic rings. The molecule has 14 heavy (non-hydrogen) atoms. The van der Waals surface area contributed by atoms with E-state index in [1.807, 2.05) is 0 Å². The van der Waals surface area contributed by atoms with E-state index in [9.17, 15) is 14.6 Å². The lowest BCUT2D eigenvalue weighted by atomic mass is 10.2. The Bertz CT molecular complexity index is 521. The van der Waals surface area contributed by atoms with Gasteiger partial charge in [-0.1, -0.05) is 9.39 Å². The van der Waals surface area contributed by atoms with Gasteiger partial charge in [-0.3, -0.25) is 10.1 Å². The molecule has 6 heteroatoms. The first-order valence-corrected chi connectivity index (χ1v) is 3.89. The number of nitro benzene ring substituents is 1. The Hall–Kier alpha value is -1.98. The van der Waals surface area contributed by atoms with Crippen molar-refractivity contribution in [1.82, 2.24) is 10.0 Å². The summed E-state index contributed by atoms with van der Waals surface area (Å²) >= 11 is 0. The molecule has 0 aliphatic carbocycles. The number of aryl methyl sites for hydroxylation is 1. The Morgan fingerprint density at radius 3 is 2.93 bits per heavy atom. The van der Waals surface area contributed by atoms with Crippen LogP contribution in [-0.4, -0.2) is 14.9 Å². The van der Waals surface area contributed by atoms with Crippen LogP contribution in [0.15, 0.2) is 18.2 Å². The van der Waals surface area contributed by atoms with Gasteiger partial charge in [0.15, 0.2) is 0 Å². The van der Waals surface area contributed by atoms with Crippen LogP contribution >= 0.6 is 0 Å². The average Bonchev–Trinajstić information content (AvgIpc) is 2.42. The molecule has 0 radical (unpaired) electrons. The Kier molecular flexibility index (Phi) is 1.70. The van der Waals surface area contributed by atoms with Crippen LogP contribution in [0.4, 0.5) is 10.2 Å². The first-order valence-electron chi connectivity index (χ1n) is 3.89. The van der Waals surface area contributed by atoms with E-state index in [0.717, 1.165) is 0 Å². The highest BCUT2D eigenvalue weighted by Gasteiger charge is 2.12. The zero-order chi connectivity index (χ0) is 10.3. The van der Waals surface area contributed by atoms with E-state index in [1.54, 1.807) is 6.92 Å². The molecule has 0 aliphatic heterocycles. The van der Waals surface area contributed by atoms with Gasteiger partial charge in [0.05, 0.1) is 10.6 Å². The summed E-state index contributed by atoms with van der Waals surface area (Å²) in [5, 5.41) is 14.4. The highest BCUT2D eigenvalue weighted by molar-refractivity contribution is 5.83. The monoisotopic (exact) mass is 195 g/mol. The first-order chi connectivity index (χ1) is 6.59. The normalized spacial score (nSPS) is 10.7. The van der Waals surface area contributed by atoms with Crippen LogP contribution in [0.3, 0.4) is 0 Å². The summed E-state index contributed by atoms with van der Waals surface area (Å²) in [5.74, 6) is 0. The average molecular weight is 195 g/mol. The van der Waals surface area contributed by atoms with Gasteiger partial charge < -0.3 is 0 Å². The predicted molar refractivity (Wildman–Crippen MR) is 47.6 cm³/mol. The van der Waals surface area contributed by atoms with Crippen LogP contribution in [0, 0.1) is 17.0 Å². The lowest BCUT2D eigenvalue weighted by Crippen LogP contribution is -1.87. The van der Waals surface area contributed by atoms with E-state index in [1.165, 1.54) is 18.2 Å². The van der Waals surface area contributed by atoms with Crippen LogP contribution in [-0.2, 0) is 0 Å². The zero-order valence-corrected chi connectivity index (χ0v) is 7.27. The number of hydrogen-bond acceptors (Lipinski definition) is 3. The number of benzene rings is 1. The minimum Gasteiger partial charge on any atom is -0.258 e. The van der Waals surface area contributed by atoms with Crippen molar-refractivity contribution in [2.75, 3.05) is 0 Å². The molecule has 1 aromatic heterocycles. The van der Waals surface area contributed by atoms with Crippen molar-refractivity contribution in [3.05, 3.63) is 34.0 Å². The van der Waals surface area contributed by atoms with Gasteiger partial charge in [0, 0.05) is 17.5 Å². The second-order valence-electron chi connectivity index (χ2n) is 2.90. The molecular formula is C8H6FN3O2. The van der Waals surface area contributed by atoms with Crippen molar-refractivity contribution in [2.45, 2.75) is 6.92 Å². The summed E-state index contributed by atoms with van der Waals surface area (Å²) in [6.45, 7) is 1.60. The molecule has 0 fully saturated rings. The maximum Gasteiger partial charge on any atom is 0.270 e. The van der Waals surface area contributed by atoms with Crippen molar-refractivity contribution >= 4 is 16.6 Å². The molecule has 2 rings (SSSR count). The molecule has 72 valence electrons. The predicted octanol–water partition coefficient (Wildman–Crippen LogP) is 1.99. The molecule has 0 aliphatic rings. The molecule has 0 unspecified atom stereocenters. The number of rotatable bonds is 1. The smallest absolute Gasteiger partial charge is 0.258 e. The Balaban J connectivity index is 2.77. The molecule has 1 aromatic carbocycles. The maximum atomic E-state index is 13.0. The molecule has 0 saturated heterocycles. The molecule has 0 bridgehead atoms. The molecule has 5 nitrogen and oxygen atoms in total. The van der Waals surface area contributed by atoms with E-state index in [-0.39, 0.29) is 16.1 Å². The third kappa shape index (κ3) is 1.12. The molecule has 0 saturated carbocycles. The Morgan fingerprint density at radius 2 is 2.29 bits per heavy atom. The van der Waals surface area contributed by atoms with Crippen molar-refractivity contribution in [3.63, 3.8) is 0 Å². The summed E-state index contributed by atoms with van der Waals surface area (Å²) in [6.07, 6.45) is 0. The van der Waals surface area contributed by atoms with Crippen molar-refractivity contribution in [3.8, 4) is 0 Å². The fraction of sp³-hybridized carbons (Fsp3) is 0.125. The quantitative estimate of drug-likeness (QED) is 0.516. The van der Waals surface area contributed by atoms with Gasteiger partial charge in [-0.25, -0.2) is 0 Å². The lowest BCUT2D eigenvalue weighted by molar-refractivity contribution is -0.384. The van der Waals surface area contributed by atoms with Crippen LogP contribution in [0.2, 0.25) is 0 Å². The van der Waals surface area contributed by atoms with Crippen LogP contribution < -0.4 is 0 Å². The molecule has 0 spiro atoms. The van der Waals surface area contributed by atoms with E-state index in [0.29, 0.717) is 11.1 Å². The highest BCUT2D eigenvalue weighted by atomic mass is 19.2. The number of halogens is 1. The number of nitrogens with zero attached hydrogens (tertiary/aromatic N) is 3. The fourth-order valence-corrected chi connectivity index (χ4v) is 1.33. The van der Waals surface area contributed by atoms with Crippen LogP contribution in [0.5, 0.6) is 0 Å². The van der Waals surface area contributed by atoms with Crippen LogP contribution in [0.25, 0.3) is 10.9 Å². The number of aromatic nitrogens is 2. The summed E-state index contributed by atoms with van der Waals surface area (Å²) < 4.78 is 13.0. The van der Waals surface area contributed by atoms with E-state index in [2.05, 4.69) is 5.10 Å². The Labute approximate surface area is 77.8 Å². The second-order valence-corrected chi connectivity index (χ2v) is 2.90. The third-order valence-electron chi connectivity index (χ3n) is 2.02. The van der Waals surface area contributed by atoms with Crippen molar-refractivity contribution in [2.24, 2.45) is 0 Å². The van der Waals surface area contributed by atoms with Gasteiger partial charge in [0.25, 0.3) is 5.69 Å². The number of fused-ring (bicyclic) bond motifs is 1. The lowest BCUT2D eigenvalue weighted by Gasteiger charge is -1.91. The molecule has 1 heterocycles. The molecule has 0 N–H and O–H groups in total. The molecule has 0 amide bonds. The van der Waals surface area contributed by atoms with Gasteiger partial charge >= 0.3 is 0 Å². The minimum atomic E-state index is -0.519. The summed E-state index contributed by atoms with van der Waals surface area (Å²) in [6, 6.07) is 3.90. The minimum absolute atomic E-state index is 0.0615. The van der Waals surface area contributed by atoms with Crippen molar-refractivity contribution in [1.29, 1.82) is 0 Å². The number of nitro groups is 1. The Morgan fingerprint density at radius 1 is 1.57 bits per heavy atom. The molecular weight excluding hydrogens is 189 g/mol. The summed E-state index contributed by atoms with van der Waals surface area (Å²) in [5.41, 5.74) is 0.618. The van der Waals surface area contributed by atoms with Gasteiger partial charge in [-0.05, 0) is 13.0 Å².